The Hall–Kier alpha value is -3.15. The van der Waals surface area contributed by atoms with Crippen LogP contribution in [0.3, 0.4) is 0 Å². The fourth-order valence-electron chi connectivity index (χ4n) is 2.01. The summed E-state index contributed by atoms with van der Waals surface area (Å²) in [4.78, 5) is 24.3. The lowest BCUT2D eigenvalue weighted by atomic mass is 10.2. The number of methoxy groups -OCH3 is 1. The number of nitrogens with zero attached hydrogens (tertiary/aromatic N) is 2. The number of carbonyl (C=O) groups is 1. The molecule has 0 aliphatic carbocycles. The number of hydrogen-bond donors (Lipinski definition) is 0. The second-order valence-electron chi connectivity index (χ2n) is 4.49. The molecule has 0 N–H and O–H groups in total. The largest absolute Gasteiger partial charge is 0.497 e. The number of fused-ring (bicyclic) bond motifs is 1. The summed E-state index contributed by atoms with van der Waals surface area (Å²) in [5, 5.41) is 4.92. The Balaban J connectivity index is 1.91. The summed E-state index contributed by atoms with van der Waals surface area (Å²) < 4.78 is 10.9. The Kier molecular flexibility index (Phi) is 3.57. The molecule has 22 heavy (non-hydrogen) atoms. The van der Waals surface area contributed by atoms with Gasteiger partial charge in [0.15, 0.2) is 0 Å². The first-order valence-corrected chi connectivity index (χ1v) is 6.52. The lowest BCUT2D eigenvalue weighted by Crippen LogP contribution is -2.31. The summed E-state index contributed by atoms with van der Waals surface area (Å²) in [6.45, 7) is 0. The third-order valence-electron chi connectivity index (χ3n) is 3.13. The molecule has 0 unspecified atom stereocenters. The molecule has 1 heterocycles. The Morgan fingerprint density at radius 1 is 1.05 bits per heavy atom. The zero-order valence-electron chi connectivity index (χ0n) is 11.7. The van der Waals surface area contributed by atoms with Crippen LogP contribution >= 0.6 is 0 Å². The summed E-state index contributed by atoms with van der Waals surface area (Å²) >= 11 is 0. The molecule has 0 spiro atoms. The van der Waals surface area contributed by atoms with E-state index >= 15 is 0 Å². The molecule has 0 radical (unpaired) electrons. The normalized spacial score (nSPS) is 10.4. The van der Waals surface area contributed by atoms with Gasteiger partial charge in [-0.3, -0.25) is 4.79 Å². The van der Waals surface area contributed by atoms with Gasteiger partial charge in [0.25, 0.3) is 5.56 Å². The second-order valence-corrected chi connectivity index (χ2v) is 4.49. The lowest BCUT2D eigenvalue weighted by Gasteiger charge is -2.06. The Morgan fingerprint density at radius 2 is 1.73 bits per heavy atom. The van der Waals surface area contributed by atoms with Crippen LogP contribution in [0.4, 0.5) is 4.79 Å². The molecular formula is C16H12N2O4. The van der Waals surface area contributed by atoms with Crippen LogP contribution in [0, 0.1) is 0 Å². The molecule has 0 aliphatic rings. The molecule has 0 saturated heterocycles. The van der Waals surface area contributed by atoms with Gasteiger partial charge in [0.2, 0.25) is 0 Å². The molecule has 3 aromatic rings. The van der Waals surface area contributed by atoms with Crippen molar-refractivity contribution in [1.29, 1.82) is 0 Å². The van der Waals surface area contributed by atoms with Crippen molar-refractivity contribution in [3.8, 4) is 11.5 Å². The van der Waals surface area contributed by atoms with Gasteiger partial charge in [-0.1, -0.05) is 18.2 Å². The quantitative estimate of drug-likeness (QED) is 0.726. The lowest BCUT2D eigenvalue weighted by molar-refractivity contribution is 0.197. The minimum Gasteiger partial charge on any atom is -0.497 e. The molecule has 0 bridgehead atoms. The van der Waals surface area contributed by atoms with Crippen LogP contribution in [0.25, 0.3) is 10.8 Å². The van der Waals surface area contributed by atoms with E-state index in [1.807, 2.05) is 0 Å². The molecule has 0 aliphatic heterocycles. The van der Waals surface area contributed by atoms with E-state index in [1.54, 1.807) is 55.6 Å². The van der Waals surface area contributed by atoms with Gasteiger partial charge in [-0.05, 0) is 30.3 Å². The SMILES string of the molecule is COc1ccc(OC(=O)n2ncc3ccccc3c2=O)cc1. The first-order valence-electron chi connectivity index (χ1n) is 6.52. The zero-order chi connectivity index (χ0) is 15.5. The molecule has 6 nitrogen and oxygen atoms in total. The van der Waals surface area contributed by atoms with Gasteiger partial charge in [-0.15, -0.1) is 4.68 Å². The van der Waals surface area contributed by atoms with Crippen LogP contribution in [-0.2, 0) is 0 Å². The minimum absolute atomic E-state index is 0.299. The smallest absolute Gasteiger partial charge is 0.443 e. The number of aromatic nitrogens is 2. The molecule has 0 fully saturated rings. The van der Waals surface area contributed by atoms with Gasteiger partial charge < -0.3 is 9.47 Å². The van der Waals surface area contributed by atoms with Gasteiger partial charge in [-0.25, -0.2) is 4.79 Å². The van der Waals surface area contributed by atoms with Crippen molar-refractivity contribution in [2.45, 2.75) is 0 Å². The van der Waals surface area contributed by atoms with Crippen molar-refractivity contribution < 1.29 is 14.3 Å². The maximum Gasteiger partial charge on any atom is 0.443 e. The molecule has 2 aromatic carbocycles. The second kappa shape index (κ2) is 5.69. The first kappa shape index (κ1) is 13.8. The highest BCUT2D eigenvalue weighted by molar-refractivity contribution is 5.83. The van der Waals surface area contributed by atoms with Gasteiger partial charge in [-0.2, -0.15) is 5.10 Å². The van der Waals surface area contributed by atoms with E-state index in [0.717, 1.165) is 0 Å². The van der Waals surface area contributed by atoms with Crippen molar-refractivity contribution in [2.24, 2.45) is 0 Å². The van der Waals surface area contributed by atoms with Crippen LogP contribution in [0.1, 0.15) is 0 Å². The fraction of sp³-hybridized carbons (Fsp3) is 0.0625. The molecule has 3 rings (SSSR count). The maximum absolute atomic E-state index is 12.2. The van der Waals surface area contributed by atoms with Crippen molar-refractivity contribution in [3.63, 3.8) is 0 Å². The maximum atomic E-state index is 12.2. The Labute approximate surface area is 125 Å². The molecular weight excluding hydrogens is 284 g/mol. The molecule has 0 saturated carbocycles. The van der Waals surface area contributed by atoms with Crippen molar-refractivity contribution in [1.82, 2.24) is 9.78 Å². The van der Waals surface area contributed by atoms with Crippen molar-refractivity contribution >= 4 is 16.9 Å². The van der Waals surface area contributed by atoms with E-state index in [1.165, 1.54) is 6.20 Å². The number of rotatable bonds is 2. The van der Waals surface area contributed by atoms with E-state index in [2.05, 4.69) is 5.10 Å². The fourth-order valence-corrected chi connectivity index (χ4v) is 2.01. The summed E-state index contributed by atoms with van der Waals surface area (Å²) in [6.07, 6.45) is 0.590. The predicted octanol–water partition coefficient (Wildman–Crippen LogP) is 2.45. The zero-order valence-corrected chi connectivity index (χ0v) is 11.7. The van der Waals surface area contributed by atoms with Gasteiger partial charge in [0, 0.05) is 5.39 Å². The Bertz CT molecular complexity index is 885. The van der Waals surface area contributed by atoms with Crippen LogP contribution in [0.5, 0.6) is 11.5 Å². The van der Waals surface area contributed by atoms with Crippen LogP contribution in [0.15, 0.2) is 59.5 Å². The topological polar surface area (TPSA) is 70.4 Å². The van der Waals surface area contributed by atoms with Crippen molar-refractivity contribution in [3.05, 3.63) is 65.1 Å². The highest BCUT2D eigenvalue weighted by Gasteiger charge is 2.13. The van der Waals surface area contributed by atoms with E-state index in [4.69, 9.17) is 9.47 Å². The molecule has 6 heteroatoms. The summed E-state index contributed by atoms with van der Waals surface area (Å²) in [7, 11) is 1.54. The van der Waals surface area contributed by atoms with Gasteiger partial charge in [0.1, 0.15) is 11.5 Å². The monoisotopic (exact) mass is 296 g/mol. The third kappa shape index (κ3) is 2.54. The number of carbonyl (C=O) groups excluding carboxylic acids is 1. The van der Waals surface area contributed by atoms with E-state index in [9.17, 15) is 9.59 Å². The molecule has 110 valence electrons. The minimum atomic E-state index is -0.860. The highest BCUT2D eigenvalue weighted by Crippen LogP contribution is 2.17. The summed E-state index contributed by atoms with van der Waals surface area (Å²) in [5.74, 6) is 0.938. The first-order chi connectivity index (χ1) is 10.7. The van der Waals surface area contributed by atoms with E-state index in [-0.39, 0.29) is 0 Å². The van der Waals surface area contributed by atoms with Crippen LogP contribution < -0.4 is 15.0 Å². The van der Waals surface area contributed by atoms with Gasteiger partial charge >= 0.3 is 6.09 Å². The number of benzene rings is 2. The van der Waals surface area contributed by atoms with Crippen LogP contribution in [-0.4, -0.2) is 23.0 Å². The Morgan fingerprint density at radius 3 is 2.45 bits per heavy atom. The average Bonchev–Trinajstić information content (AvgIpc) is 2.56. The standard InChI is InChI=1S/C16H12N2O4/c1-21-12-6-8-13(9-7-12)22-16(20)18-15(19)14-5-3-2-4-11(14)10-17-18/h2-10H,1H3. The third-order valence-corrected chi connectivity index (χ3v) is 3.13. The highest BCUT2D eigenvalue weighted by atomic mass is 16.6. The van der Waals surface area contributed by atoms with Crippen LogP contribution in [0.2, 0.25) is 0 Å². The molecule has 0 amide bonds. The number of hydrogen-bond acceptors (Lipinski definition) is 5. The predicted molar refractivity (Wildman–Crippen MR) is 80.4 cm³/mol. The number of ether oxygens (including phenoxy) is 2. The van der Waals surface area contributed by atoms with Gasteiger partial charge in [0.05, 0.1) is 18.7 Å². The summed E-state index contributed by atoms with van der Waals surface area (Å²) in [6, 6.07) is 13.4. The average molecular weight is 296 g/mol. The summed E-state index contributed by atoms with van der Waals surface area (Å²) in [5.41, 5.74) is -0.517. The van der Waals surface area contributed by atoms with E-state index < -0.39 is 11.7 Å². The van der Waals surface area contributed by atoms with E-state index in [0.29, 0.717) is 27.0 Å². The molecule has 0 atom stereocenters. The molecule has 1 aromatic heterocycles. The van der Waals surface area contributed by atoms with Crippen molar-refractivity contribution in [2.75, 3.05) is 7.11 Å².